The van der Waals surface area contributed by atoms with Crippen LogP contribution in [0.3, 0.4) is 0 Å². The van der Waals surface area contributed by atoms with E-state index in [2.05, 4.69) is 39.5 Å². The summed E-state index contributed by atoms with van der Waals surface area (Å²) in [6.45, 7) is 13.7. The van der Waals surface area contributed by atoms with E-state index in [1.807, 2.05) is 0 Å². The van der Waals surface area contributed by atoms with Gasteiger partial charge in [0.25, 0.3) is 0 Å². The van der Waals surface area contributed by atoms with Crippen LogP contribution in [0.5, 0.6) is 0 Å². The highest BCUT2D eigenvalue weighted by Crippen LogP contribution is 2.35. The summed E-state index contributed by atoms with van der Waals surface area (Å²) in [5.41, 5.74) is 0.406. The van der Waals surface area contributed by atoms with Gasteiger partial charge in [-0.15, -0.1) is 0 Å². The van der Waals surface area contributed by atoms with Crippen molar-refractivity contribution < 1.29 is 5.11 Å². The molecule has 2 nitrogen and oxygen atoms in total. The van der Waals surface area contributed by atoms with Crippen LogP contribution < -0.4 is 0 Å². The predicted molar refractivity (Wildman–Crippen MR) is 74.1 cm³/mol. The molecule has 0 aromatic heterocycles. The van der Waals surface area contributed by atoms with E-state index in [1.165, 1.54) is 19.5 Å². The van der Waals surface area contributed by atoms with E-state index in [4.69, 9.17) is 0 Å². The Morgan fingerprint density at radius 2 is 1.94 bits per heavy atom. The number of rotatable bonds is 5. The molecule has 0 radical (unpaired) electrons. The van der Waals surface area contributed by atoms with Gasteiger partial charge in [0.1, 0.15) is 0 Å². The average molecular weight is 241 g/mol. The Labute approximate surface area is 107 Å². The van der Waals surface area contributed by atoms with E-state index in [1.54, 1.807) is 0 Å². The van der Waals surface area contributed by atoms with Crippen LogP contribution in [-0.4, -0.2) is 35.2 Å². The minimum absolute atomic E-state index is 0.135. The van der Waals surface area contributed by atoms with E-state index in [-0.39, 0.29) is 6.10 Å². The molecule has 1 N–H and O–H groups in total. The average Bonchev–Trinajstić information content (AvgIpc) is 2.68. The number of hydrogen-bond donors (Lipinski definition) is 1. The van der Waals surface area contributed by atoms with Gasteiger partial charge in [0, 0.05) is 12.6 Å². The summed E-state index contributed by atoms with van der Waals surface area (Å²) in [6.07, 6.45) is 4.24. The Hall–Kier alpha value is -0.0800. The van der Waals surface area contributed by atoms with Crippen LogP contribution in [0.25, 0.3) is 0 Å². The first kappa shape index (κ1) is 15.0. The second-order valence-corrected chi connectivity index (χ2v) is 6.68. The Morgan fingerprint density at radius 1 is 1.29 bits per heavy atom. The van der Waals surface area contributed by atoms with Crippen molar-refractivity contribution in [3.05, 3.63) is 0 Å². The molecule has 3 atom stereocenters. The van der Waals surface area contributed by atoms with Gasteiger partial charge in [0.15, 0.2) is 0 Å². The SMILES string of the molecule is CCCC(O)C(CC)N1CCC(C(C)(C)C)C1. The van der Waals surface area contributed by atoms with Gasteiger partial charge >= 0.3 is 0 Å². The fourth-order valence-electron chi connectivity index (χ4n) is 3.06. The Morgan fingerprint density at radius 3 is 2.35 bits per heavy atom. The molecule has 0 bridgehead atoms. The summed E-state index contributed by atoms with van der Waals surface area (Å²) in [5.74, 6) is 0.783. The fourth-order valence-corrected chi connectivity index (χ4v) is 3.06. The third kappa shape index (κ3) is 3.96. The maximum atomic E-state index is 10.2. The molecule has 0 aromatic carbocycles. The van der Waals surface area contributed by atoms with Crippen LogP contribution in [-0.2, 0) is 0 Å². The molecule has 2 heteroatoms. The molecule has 1 saturated heterocycles. The molecule has 0 spiro atoms. The molecule has 0 aliphatic carbocycles. The first-order valence-corrected chi connectivity index (χ1v) is 7.32. The molecule has 1 aliphatic rings. The van der Waals surface area contributed by atoms with Crippen molar-refractivity contribution in [2.75, 3.05) is 13.1 Å². The van der Waals surface area contributed by atoms with E-state index < -0.39 is 0 Å². The second-order valence-electron chi connectivity index (χ2n) is 6.68. The minimum atomic E-state index is -0.135. The summed E-state index contributed by atoms with van der Waals surface area (Å²) in [6, 6.07) is 0.377. The lowest BCUT2D eigenvalue weighted by molar-refractivity contribution is 0.0478. The molecule has 0 saturated carbocycles. The molecule has 1 aliphatic heterocycles. The number of aliphatic hydroxyl groups excluding tert-OH is 1. The van der Waals surface area contributed by atoms with Crippen molar-refractivity contribution in [3.8, 4) is 0 Å². The second kappa shape index (κ2) is 6.19. The highest BCUT2D eigenvalue weighted by atomic mass is 16.3. The highest BCUT2D eigenvalue weighted by molar-refractivity contribution is 4.89. The van der Waals surface area contributed by atoms with E-state index in [0.717, 1.165) is 25.2 Å². The number of aliphatic hydroxyl groups is 1. The van der Waals surface area contributed by atoms with Crippen LogP contribution in [0.4, 0.5) is 0 Å². The smallest absolute Gasteiger partial charge is 0.0695 e. The van der Waals surface area contributed by atoms with Crippen molar-refractivity contribution in [1.29, 1.82) is 0 Å². The zero-order valence-electron chi connectivity index (χ0n) is 12.4. The zero-order valence-corrected chi connectivity index (χ0v) is 12.4. The minimum Gasteiger partial charge on any atom is -0.391 e. The van der Waals surface area contributed by atoms with Gasteiger partial charge < -0.3 is 5.11 Å². The van der Waals surface area contributed by atoms with Gasteiger partial charge in [-0.2, -0.15) is 0 Å². The molecule has 1 fully saturated rings. The first-order valence-electron chi connectivity index (χ1n) is 7.32. The standard InChI is InChI=1S/C15H31NO/c1-6-8-14(17)13(7-2)16-10-9-12(11-16)15(3,4)5/h12-14,17H,6-11H2,1-5H3. The summed E-state index contributed by atoms with van der Waals surface area (Å²) < 4.78 is 0. The molecule has 0 aromatic rings. The van der Waals surface area contributed by atoms with Gasteiger partial charge in [0.05, 0.1) is 6.10 Å². The van der Waals surface area contributed by atoms with Gasteiger partial charge in [-0.1, -0.05) is 41.0 Å². The molecule has 17 heavy (non-hydrogen) atoms. The number of nitrogens with zero attached hydrogens (tertiary/aromatic N) is 1. The van der Waals surface area contributed by atoms with Crippen LogP contribution in [0.2, 0.25) is 0 Å². The number of likely N-dealkylation sites (tertiary alicyclic amines) is 1. The largest absolute Gasteiger partial charge is 0.391 e. The molecule has 0 amide bonds. The van der Waals surface area contributed by atoms with Crippen molar-refractivity contribution in [1.82, 2.24) is 4.90 Å². The molecular weight excluding hydrogens is 210 g/mol. The van der Waals surface area contributed by atoms with Crippen LogP contribution in [0.1, 0.15) is 60.3 Å². The third-order valence-electron chi connectivity index (χ3n) is 4.36. The van der Waals surface area contributed by atoms with Gasteiger partial charge in [-0.05, 0) is 37.1 Å². The van der Waals surface area contributed by atoms with Crippen molar-refractivity contribution in [3.63, 3.8) is 0 Å². The fraction of sp³-hybridized carbons (Fsp3) is 1.00. The van der Waals surface area contributed by atoms with Crippen LogP contribution in [0.15, 0.2) is 0 Å². The lowest BCUT2D eigenvalue weighted by Crippen LogP contribution is -2.42. The molecular formula is C15H31NO. The van der Waals surface area contributed by atoms with Crippen LogP contribution >= 0.6 is 0 Å². The lowest BCUT2D eigenvalue weighted by atomic mass is 9.80. The quantitative estimate of drug-likeness (QED) is 0.798. The summed E-state index contributed by atoms with van der Waals surface area (Å²) in [7, 11) is 0. The van der Waals surface area contributed by atoms with E-state index in [9.17, 15) is 5.11 Å². The summed E-state index contributed by atoms with van der Waals surface area (Å²) in [4.78, 5) is 2.52. The van der Waals surface area contributed by atoms with Crippen molar-refractivity contribution in [2.24, 2.45) is 11.3 Å². The lowest BCUT2D eigenvalue weighted by Gasteiger charge is -2.33. The van der Waals surface area contributed by atoms with Crippen LogP contribution in [0, 0.1) is 11.3 Å². The highest BCUT2D eigenvalue weighted by Gasteiger charge is 2.35. The molecule has 1 heterocycles. The van der Waals surface area contributed by atoms with Gasteiger partial charge in [-0.3, -0.25) is 4.90 Å². The molecule has 3 unspecified atom stereocenters. The van der Waals surface area contributed by atoms with Crippen molar-refractivity contribution in [2.45, 2.75) is 72.4 Å². The zero-order chi connectivity index (χ0) is 13.1. The monoisotopic (exact) mass is 241 g/mol. The Kier molecular flexibility index (Phi) is 5.46. The summed E-state index contributed by atoms with van der Waals surface area (Å²) >= 11 is 0. The normalized spacial score (nSPS) is 26.1. The van der Waals surface area contributed by atoms with E-state index in [0.29, 0.717) is 11.5 Å². The number of hydrogen-bond acceptors (Lipinski definition) is 2. The van der Waals surface area contributed by atoms with Gasteiger partial charge in [0.2, 0.25) is 0 Å². The van der Waals surface area contributed by atoms with Gasteiger partial charge in [-0.25, -0.2) is 0 Å². The maximum absolute atomic E-state index is 10.2. The Bertz CT molecular complexity index is 221. The third-order valence-corrected chi connectivity index (χ3v) is 4.36. The topological polar surface area (TPSA) is 23.5 Å². The summed E-state index contributed by atoms with van der Waals surface area (Å²) in [5, 5.41) is 10.2. The first-order chi connectivity index (χ1) is 7.90. The molecule has 102 valence electrons. The predicted octanol–water partition coefficient (Wildman–Crippen LogP) is 3.29. The molecule has 1 rings (SSSR count). The maximum Gasteiger partial charge on any atom is 0.0695 e. The van der Waals surface area contributed by atoms with Crippen molar-refractivity contribution >= 4 is 0 Å². The van der Waals surface area contributed by atoms with E-state index >= 15 is 0 Å². The Balaban J connectivity index is 2.55.